The number of aromatic nitrogens is 3. The fourth-order valence-electron chi connectivity index (χ4n) is 2.09. The molecule has 0 unspecified atom stereocenters. The largest absolute Gasteiger partial charge is 0.424 e. The Morgan fingerprint density at radius 1 is 1.46 bits per heavy atom. The number of nitrogens with one attached hydrogen (secondary N) is 2. The number of rotatable bonds is 5. The number of carbonyl (C=O) groups is 1. The van der Waals surface area contributed by atoms with Crippen molar-refractivity contribution in [2.24, 2.45) is 7.05 Å². The molecule has 0 aliphatic carbocycles. The molecule has 11 heteroatoms. The average molecular weight is 347 g/mol. The predicted octanol–water partition coefficient (Wildman–Crippen LogP) is 1.68. The Balaban J connectivity index is 1.99. The number of imidazole rings is 1. The van der Waals surface area contributed by atoms with E-state index in [2.05, 4.69) is 20.8 Å². The summed E-state index contributed by atoms with van der Waals surface area (Å²) in [5.41, 5.74) is -3.18. The van der Waals surface area contributed by atoms with Crippen LogP contribution in [0, 0.1) is 6.92 Å². The molecule has 2 rings (SSSR count). The second kappa shape index (κ2) is 6.51. The fraction of sp³-hybridized carbons (Fsp3) is 0.462. The lowest BCUT2D eigenvalue weighted by Crippen LogP contribution is -2.47. The SMILES string of the molecule is Cc1cc(NC(=O)NCC[C@](O)(c2nccn2C)C(F)(F)F)no1. The number of aryl methyl sites for hydroxylation is 2. The molecule has 2 aromatic rings. The maximum Gasteiger partial charge on any atom is 0.424 e. The van der Waals surface area contributed by atoms with Gasteiger partial charge in [0.05, 0.1) is 0 Å². The third-order valence-corrected chi connectivity index (χ3v) is 3.30. The molecule has 8 nitrogen and oxygen atoms in total. The molecule has 2 heterocycles. The standard InChI is InChI=1S/C13H16F3N5O3/c1-8-7-9(20-24-8)19-11(22)18-4-3-12(23,13(14,15)16)10-17-5-6-21(10)2/h5-7,23H,3-4H2,1-2H3,(H2,18,19,20,22)/t12-/m0/s1. The zero-order valence-corrected chi connectivity index (χ0v) is 12.9. The Kier molecular flexibility index (Phi) is 4.83. The number of nitrogens with zero attached hydrogens (tertiary/aromatic N) is 3. The van der Waals surface area contributed by atoms with Crippen LogP contribution in [0.3, 0.4) is 0 Å². The molecule has 0 saturated heterocycles. The van der Waals surface area contributed by atoms with Crippen LogP contribution in [0.15, 0.2) is 23.0 Å². The van der Waals surface area contributed by atoms with Crippen LogP contribution in [0.2, 0.25) is 0 Å². The number of halogens is 3. The minimum absolute atomic E-state index is 0.125. The van der Waals surface area contributed by atoms with Gasteiger partial charge in [-0.25, -0.2) is 9.78 Å². The lowest BCUT2D eigenvalue weighted by molar-refractivity contribution is -0.272. The van der Waals surface area contributed by atoms with E-state index in [-0.39, 0.29) is 5.82 Å². The van der Waals surface area contributed by atoms with Crippen molar-refractivity contribution >= 4 is 11.8 Å². The lowest BCUT2D eigenvalue weighted by Gasteiger charge is -2.29. The summed E-state index contributed by atoms with van der Waals surface area (Å²) in [6.45, 7) is 1.18. The van der Waals surface area contributed by atoms with Crippen LogP contribution in [0.25, 0.3) is 0 Å². The molecule has 24 heavy (non-hydrogen) atoms. The first kappa shape index (κ1) is 17.8. The van der Waals surface area contributed by atoms with Crippen LogP contribution in [0.1, 0.15) is 18.0 Å². The van der Waals surface area contributed by atoms with Crippen molar-refractivity contribution < 1.29 is 27.6 Å². The fourth-order valence-corrected chi connectivity index (χ4v) is 2.09. The highest BCUT2D eigenvalue weighted by atomic mass is 19.4. The Bertz CT molecular complexity index is 712. The number of hydrogen-bond acceptors (Lipinski definition) is 5. The Hall–Kier alpha value is -2.56. The van der Waals surface area contributed by atoms with E-state index in [0.717, 1.165) is 10.8 Å². The second-order valence-corrected chi connectivity index (χ2v) is 5.17. The molecule has 132 valence electrons. The van der Waals surface area contributed by atoms with E-state index in [1.54, 1.807) is 6.92 Å². The molecule has 0 radical (unpaired) electrons. The van der Waals surface area contributed by atoms with Gasteiger partial charge in [-0.2, -0.15) is 13.2 Å². The van der Waals surface area contributed by atoms with Crippen molar-refractivity contribution in [1.29, 1.82) is 0 Å². The number of carbonyl (C=O) groups excluding carboxylic acids is 1. The van der Waals surface area contributed by atoms with Gasteiger partial charge in [-0.05, 0) is 6.92 Å². The molecular weight excluding hydrogens is 331 g/mol. The van der Waals surface area contributed by atoms with Crippen LogP contribution < -0.4 is 10.6 Å². The summed E-state index contributed by atoms with van der Waals surface area (Å²) in [7, 11) is 1.34. The van der Waals surface area contributed by atoms with Crippen LogP contribution >= 0.6 is 0 Å². The number of alkyl halides is 3. The first-order valence-electron chi connectivity index (χ1n) is 6.88. The lowest BCUT2D eigenvalue weighted by atomic mass is 9.97. The zero-order valence-electron chi connectivity index (χ0n) is 12.9. The average Bonchev–Trinajstić information content (AvgIpc) is 3.06. The minimum atomic E-state index is -4.95. The van der Waals surface area contributed by atoms with Gasteiger partial charge in [-0.15, -0.1) is 0 Å². The quantitative estimate of drug-likeness (QED) is 0.763. The summed E-state index contributed by atoms with van der Waals surface area (Å²) >= 11 is 0. The van der Waals surface area contributed by atoms with Crippen molar-refractivity contribution in [3.8, 4) is 0 Å². The van der Waals surface area contributed by atoms with Crippen LogP contribution in [-0.4, -0.2) is 38.6 Å². The third kappa shape index (κ3) is 3.67. The summed E-state index contributed by atoms with van der Waals surface area (Å²) < 4.78 is 45.6. The molecule has 2 amide bonds. The van der Waals surface area contributed by atoms with Gasteiger partial charge in [0.1, 0.15) is 11.6 Å². The van der Waals surface area contributed by atoms with Gasteiger partial charge in [-0.1, -0.05) is 5.16 Å². The number of hydrogen-bond donors (Lipinski definition) is 3. The van der Waals surface area contributed by atoms with Crippen molar-refractivity contribution in [3.05, 3.63) is 30.0 Å². The maximum absolute atomic E-state index is 13.3. The van der Waals surface area contributed by atoms with Crippen LogP contribution in [-0.2, 0) is 12.6 Å². The van der Waals surface area contributed by atoms with Gasteiger partial charge < -0.3 is 19.5 Å². The van der Waals surface area contributed by atoms with Gasteiger partial charge in [0, 0.05) is 38.5 Å². The third-order valence-electron chi connectivity index (χ3n) is 3.30. The van der Waals surface area contributed by atoms with Gasteiger partial charge in [-0.3, -0.25) is 5.32 Å². The summed E-state index contributed by atoms with van der Waals surface area (Å²) in [6, 6.07) is 0.673. The summed E-state index contributed by atoms with van der Waals surface area (Å²) in [6.07, 6.45) is -3.31. The number of anilines is 1. The summed E-state index contributed by atoms with van der Waals surface area (Å²) in [5.74, 6) is 0.0380. The van der Waals surface area contributed by atoms with Gasteiger partial charge in [0.2, 0.25) is 5.60 Å². The number of amides is 2. The maximum atomic E-state index is 13.3. The topological polar surface area (TPSA) is 105 Å². The highest BCUT2D eigenvalue weighted by molar-refractivity contribution is 5.88. The summed E-state index contributed by atoms with van der Waals surface area (Å²) in [4.78, 5) is 15.2. The molecule has 3 N–H and O–H groups in total. The van der Waals surface area contributed by atoms with E-state index in [0.29, 0.717) is 5.76 Å². The first-order valence-corrected chi connectivity index (χ1v) is 6.88. The normalized spacial score (nSPS) is 14.2. The van der Waals surface area contributed by atoms with Gasteiger partial charge >= 0.3 is 12.2 Å². The van der Waals surface area contributed by atoms with Gasteiger partial charge in [0.25, 0.3) is 0 Å². The van der Waals surface area contributed by atoms with E-state index in [1.165, 1.54) is 19.3 Å². The van der Waals surface area contributed by atoms with Crippen LogP contribution in [0.5, 0.6) is 0 Å². The van der Waals surface area contributed by atoms with Crippen LogP contribution in [0.4, 0.5) is 23.8 Å². The molecule has 0 fully saturated rings. The van der Waals surface area contributed by atoms with E-state index in [4.69, 9.17) is 4.52 Å². The van der Waals surface area contributed by atoms with Crippen molar-refractivity contribution in [2.45, 2.75) is 25.1 Å². The van der Waals surface area contributed by atoms with E-state index in [1.807, 2.05) is 0 Å². The molecule has 0 saturated carbocycles. The molecular formula is C13H16F3N5O3. The molecule has 0 aliphatic rings. The molecule has 2 aromatic heterocycles. The highest BCUT2D eigenvalue weighted by Crippen LogP contribution is 2.40. The Morgan fingerprint density at radius 3 is 2.67 bits per heavy atom. The summed E-state index contributed by atoms with van der Waals surface area (Å²) in [5, 5.41) is 18.1. The minimum Gasteiger partial charge on any atom is -0.374 e. The van der Waals surface area contributed by atoms with E-state index in [9.17, 15) is 23.1 Å². The molecule has 0 bridgehead atoms. The number of urea groups is 1. The van der Waals surface area contributed by atoms with Crippen molar-refractivity contribution in [1.82, 2.24) is 20.0 Å². The molecule has 0 aromatic carbocycles. The second-order valence-electron chi connectivity index (χ2n) is 5.17. The smallest absolute Gasteiger partial charge is 0.374 e. The van der Waals surface area contributed by atoms with E-state index < -0.39 is 36.6 Å². The number of aliphatic hydroxyl groups is 1. The molecule has 0 aliphatic heterocycles. The first-order chi connectivity index (χ1) is 11.1. The zero-order chi connectivity index (χ0) is 18.0. The molecule has 1 atom stereocenters. The monoisotopic (exact) mass is 347 g/mol. The Labute approximate surface area is 134 Å². The molecule has 0 spiro atoms. The van der Waals surface area contributed by atoms with Crippen molar-refractivity contribution in [2.75, 3.05) is 11.9 Å². The van der Waals surface area contributed by atoms with E-state index >= 15 is 0 Å². The predicted molar refractivity (Wildman–Crippen MR) is 76.0 cm³/mol. The Morgan fingerprint density at radius 2 is 2.17 bits per heavy atom. The highest BCUT2D eigenvalue weighted by Gasteiger charge is 2.57. The van der Waals surface area contributed by atoms with Crippen molar-refractivity contribution in [3.63, 3.8) is 0 Å². The van der Waals surface area contributed by atoms with Gasteiger partial charge in [0.15, 0.2) is 5.82 Å².